The van der Waals surface area contributed by atoms with Crippen molar-refractivity contribution in [3.05, 3.63) is 53.9 Å². The van der Waals surface area contributed by atoms with Crippen molar-refractivity contribution in [1.82, 2.24) is 15.2 Å². The number of aromatic nitrogens is 1. The average Bonchev–Trinajstić information content (AvgIpc) is 2.61. The first-order chi connectivity index (χ1) is 11.7. The molecule has 1 aliphatic heterocycles. The quantitative estimate of drug-likeness (QED) is 0.935. The van der Waals surface area contributed by atoms with E-state index >= 15 is 0 Å². The molecular formula is C18H21N3O3. The molecule has 3 rings (SSSR count). The van der Waals surface area contributed by atoms with E-state index in [2.05, 4.69) is 10.3 Å². The third kappa shape index (κ3) is 3.59. The van der Waals surface area contributed by atoms with Crippen LogP contribution in [0.4, 0.5) is 4.79 Å². The number of urea groups is 1. The van der Waals surface area contributed by atoms with Crippen molar-refractivity contribution in [3.63, 3.8) is 0 Å². The second kappa shape index (κ2) is 7.21. The molecule has 0 bridgehead atoms. The van der Waals surface area contributed by atoms with Gasteiger partial charge in [-0.05, 0) is 30.2 Å². The predicted molar refractivity (Wildman–Crippen MR) is 90.2 cm³/mol. The molecule has 0 radical (unpaired) electrons. The van der Waals surface area contributed by atoms with Gasteiger partial charge in [0.25, 0.3) is 0 Å². The third-order valence-electron chi connectivity index (χ3n) is 4.02. The summed E-state index contributed by atoms with van der Waals surface area (Å²) in [6.45, 7) is 0.967. The maximum Gasteiger partial charge on any atom is 0.317 e. The molecule has 1 aromatic heterocycles. The summed E-state index contributed by atoms with van der Waals surface area (Å²) in [6.07, 6.45) is 4.17. The highest BCUT2D eigenvalue weighted by atomic mass is 16.5. The van der Waals surface area contributed by atoms with Gasteiger partial charge in [0.2, 0.25) is 0 Å². The number of carbonyl (C=O) groups excluding carboxylic acids is 1. The number of nitrogens with zero attached hydrogens (tertiary/aromatic N) is 2. The summed E-state index contributed by atoms with van der Waals surface area (Å²) in [5, 5.41) is 3.02. The molecule has 6 nitrogen and oxygen atoms in total. The second-order valence-electron chi connectivity index (χ2n) is 5.82. The summed E-state index contributed by atoms with van der Waals surface area (Å²) in [7, 11) is 3.40. The second-order valence-corrected chi connectivity index (χ2v) is 5.82. The summed E-state index contributed by atoms with van der Waals surface area (Å²) >= 11 is 0. The first kappa shape index (κ1) is 16.1. The van der Waals surface area contributed by atoms with Crippen LogP contribution in [0.3, 0.4) is 0 Å². The standard InChI is InChI=1S/C18H21N3O3/c1-21(11-13-6-8-19-9-7-13)18(22)20-15-10-14-4-3-5-16(23-2)17(14)24-12-15/h3-9,15H,10-12H2,1-2H3,(H,20,22). The van der Waals surface area contributed by atoms with Crippen molar-refractivity contribution in [2.75, 3.05) is 20.8 Å². The molecular weight excluding hydrogens is 306 g/mol. The molecule has 126 valence electrons. The highest BCUT2D eigenvalue weighted by molar-refractivity contribution is 5.74. The van der Waals surface area contributed by atoms with Gasteiger partial charge in [-0.1, -0.05) is 12.1 Å². The lowest BCUT2D eigenvalue weighted by Gasteiger charge is -2.29. The first-order valence-electron chi connectivity index (χ1n) is 7.86. The minimum atomic E-state index is -0.119. The Hall–Kier alpha value is -2.76. The number of fused-ring (bicyclic) bond motifs is 1. The molecule has 2 amide bonds. The Balaban J connectivity index is 1.59. The number of benzene rings is 1. The maximum atomic E-state index is 12.4. The Kier molecular flexibility index (Phi) is 4.84. The van der Waals surface area contributed by atoms with Crippen molar-refractivity contribution < 1.29 is 14.3 Å². The molecule has 0 aliphatic carbocycles. The van der Waals surface area contributed by atoms with Crippen LogP contribution in [0.2, 0.25) is 0 Å². The van der Waals surface area contributed by atoms with E-state index in [9.17, 15) is 4.79 Å². The number of para-hydroxylation sites is 1. The van der Waals surface area contributed by atoms with Crippen LogP contribution < -0.4 is 14.8 Å². The Labute approximate surface area is 141 Å². The van der Waals surface area contributed by atoms with Gasteiger partial charge in [-0.25, -0.2) is 4.79 Å². The summed E-state index contributed by atoms with van der Waals surface area (Å²) < 4.78 is 11.1. The van der Waals surface area contributed by atoms with Gasteiger partial charge in [-0.15, -0.1) is 0 Å². The lowest BCUT2D eigenvalue weighted by molar-refractivity contribution is 0.186. The smallest absolute Gasteiger partial charge is 0.317 e. The molecule has 0 saturated heterocycles. The van der Waals surface area contributed by atoms with Crippen molar-refractivity contribution >= 4 is 6.03 Å². The fraction of sp³-hybridized carbons (Fsp3) is 0.333. The third-order valence-corrected chi connectivity index (χ3v) is 4.02. The lowest BCUT2D eigenvalue weighted by Crippen LogP contribution is -2.47. The Bertz CT molecular complexity index is 706. The summed E-state index contributed by atoms with van der Waals surface area (Å²) in [4.78, 5) is 18.0. The minimum Gasteiger partial charge on any atom is -0.493 e. The van der Waals surface area contributed by atoms with Crippen LogP contribution in [-0.4, -0.2) is 42.7 Å². The summed E-state index contributed by atoms with van der Waals surface area (Å²) in [6, 6.07) is 9.42. The molecule has 2 heterocycles. The maximum absolute atomic E-state index is 12.4. The minimum absolute atomic E-state index is 0.0583. The molecule has 1 atom stereocenters. The van der Waals surface area contributed by atoms with Crippen LogP contribution in [-0.2, 0) is 13.0 Å². The monoisotopic (exact) mass is 327 g/mol. The van der Waals surface area contributed by atoms with Crippen LogP contribution in [0.5, 0.6) is 11.5 Å². The summed E-state index contributed by atoms with van der Waals surface area (Å²) in [5.74, 6) is 1.50. The van der Waals surface area contributed by atoms with Gasteiger partial charge in [-0.3, -0.25) is 4.98 Å². The van der Waals surface area contributed by atoms with Crippen LogP contribution in [0.1, 0.15) is 11.1 Å². The molecule has 0 fully saturated rings. The molecule has 1 unspecified atom stereocenters. The number of nitrogens with one attached hydrogen (secondary N) is 1. The zero-order valence-electron chi connectivity index (χ0n) is 13.9. The molecule has 0 saturated carbocycles. The largest absolute Gasteiger partial charge is 0.493 e. The van der Waals surface area contributed by atoms with Gasteiger partial charge in [0, 0.05) is 31.5 Å². The van der Waals surface area contributed by atoms with Crippen molar-refractivity contribution in [2.24, 2.45) is 0 Å². The van der Waals surface area contributed by atoms with E-state index in [0.717, 1.165) is 29.0 Å². The molecule has 1 N–H and O–H groups in total. The normalized spacial score (nSPS) is 15.8. The molecule has 2 aromatic rings. The molecule has 1 aliphatic rings. The van der Waals surface area contributed by atoms with Crippen molar-refractivity contribution in [1.29, 1.82) is 0 Å². The van der Waals surface area contributed by atoms with E-state index in [0.29, 0.717) is 13.2 Å². The summed E-state index contributed by atoms with van der Waals surface area (Å²) in [5.41, 5.74) is 2.08. The zero-order chi connectivity index (χ0) is 16.9. The molecule has 24 heavy (non-hydrogen) atoms. The van der Waals surface area contributed by atoms with E-state index in [4.69, 9.17) is 9.47 Å². The molecule has 6 heteroatoms. The number of methoxy groups -OCH3 is 1. The number of hydrogen-bond donors (Lipinski definition) is 1. The fourth-order valence-electron chi connectivity index (χ4n) is 2.77. The van der Waals surface area contributed by atoms with E-state index < -0.39 is 0 Å². The zero-order valence-corrected chi connectivity index (χ0v) is 13.9. The average molecular weight is 327 g/mol. The number of ether oxygens (including phenoxy) is 2. The number of rotatable bonds is 4. The number of pyridine rings is 1. The van der Waals surface area contributed by atoms with Gasteiger partial charge in [0.15, 0.2) is 11.5 Å². The van der Waals surface area contributed by atoms with Crippen molar-refractivity contribution in [3.8, 4) is 11.5 Å². The Morgan fingerprint density at radius 3 is 2.92 bits per heavy atom. The van der Waals surface area contributed by atoms with Gasteiger partial charge in [0.05, 0.1) is 13.2 Å². The van der Waals surface area contributed by atoms with E-state index in [1.54, 1.807) is 31.5 Å². The van der Waals surface area contributed by atoms with Crippen LogP contribution in [0.15, 0.2) is 42.7 Å². The highest BCUT2D eigenvalue weighted by Gasteiger charge is 2.24. The van der Waals surface area contributed by atoms with Gasteiger partial charge >= 0.3 is 6.03 Å². The Morgan fingerprint density at radius 2 is 2.17 bits per heavy atom. The fourth-order valence-corrected chi connectivity index (χ4v) is 2.77. The SMILES string of the molecule is COc1cccc2c1OCC(NC(=O)N(C)Cc1ccncc1)C2. The predicted octanol–water partition coefficient (Wildman–Crippen LogP) is 2.24. The topological polar surface area (TPSA) is 63.7 Å². The Morgan fingerprint density at radius 1 is 1.38 bits per heavy atom. The van der Waals surface area contributed by atoms with Crippen LogP contribution >= 0.6 is 0 Å². The number of hydrogen-bond acceptors (Lipinski definition) is 4. The first-order valence-corrected chi connectivity index (χ1v) is 7.86. The van der Waals surface area contributed by atoms with E-state index in [1.165, 1.54) is 0 Å². The van der Waals surface area contributed by atoms with Crippen LogP contribution in [0.25, 0.3) is 0 Å². The van der Waals surface area contributed by atoms with E-state index in [1.807, 2.05) is 30.3 Å². The number of amides is 2. The lowest BCUT2D eigenvalue weighted by atomic mass is 10.0. The highest BCUT2D eigenvalue weighted by Crippen LogP contribution is 2.34. The van der Waals surface area contributed by atoms with Gasteiger partial charge in [0.1, 0.15) is 6.61 Å². The van der Waals surface area contributed by atoms with Crippen LogP contribution in [0, 0.1) is 0 Å². The molecule has 0 spiro atoms. The van der Waals surface area contributed by atoms with E-state index in [-0.39, 0.29) is 12.1 Å². The molecule has 1 aromatic carbocycles. The van der Waals surface area contributed by atoms with Gasteiger partial charge in [-0.2, -0.15) is 0 Å². The van der Waals surface area contributed by atoms with Crippen molar-refractivity contribution in [2.45, 2.75) is 19.0 Å². The van der Waals surface area contributed by atoms with Gasteiger partial charge < -0.3 is 19.7 Å². The number of carbonyl (C=O) groups is 1.